The van der Waals surface area contributed by atoms with Gasteiger partial charge in [0, 0.05) is 20.0 Å². The number of amides is 1. The topological polar surface area (TPSA) is 29.5 Å². The molecule has 1 unspecified atom stereocenters. The summed E-state index contributed by atoms with van der Waals surface area (Å²) in [6, 6.07) is 0. The lowest BCUT2D eigenvalue weighted by Gasteiger charge is -2.24. The van der Waals surface area contributed by atoms with Crippen LogP contribution >= 0.6 is 0 Å². The van der Waals surface area contributed by atoms with Crippen molar-refractivity contribution in [3.63, 3.8) is 0 Å². The highest BCUT2D eigenvalue weighted by Gasteiger charge is 2.27. The number of hydrogen-bond donors (Lipinski definition) is 0. The third kappa shape index (κ3) is 3.35. The van der Waals surface area contributed by atoms with Crippen LogP contribution in [0.1, 0.15) is 34.1 Å². The van der Waals surface area contributed by atoms with Gasteiger partial charge in [0.2, 0.25) is 5.91 Å². The van der Waals surface area contributed by atoms with E-state index in [0.717, 1.165) is 19.5 Å². The summed E-state index contributed by atoms with van der Waals surface area (Å²) in [5.74, 6) is 0.153. The van der Waals surface area contributed by atoms with Gasteiger partial charge in [-0.1, -0.05) is 0 Å². The summed E-state index contributed by atoms with van der Waals surface area (Å²) in [5.41, 5.74) is -0.0997. The molecule has 1 aliphatic rings. The Kier molecular flexibility index (Phi) is 2.96. The minimum absolute atomic E-state index is 0.0997. The average molecular weight is 185 g/mol. The molecular formula is C10H19NO2. The van der Waals surface area contributed by atoms with E-state index in [9.17, 15) is 4.79 Å². The van der Waals surface area contributed by atoms with Crippen molar-refractivity contribution in [1.82, 2.24) is 4.90 Å². The first-order valence-electron chi connectivity index (χ1n) is 4.82. The summed E-state index contributed by atoms with van der Waals surface area (Å²) in [4.78, 5) is 12.9. The molecule has 0 radical (unpaired) electrons. The first-order valence-corrected chi connectivity index (χ1v) is 4.82. The molecular weight excluding hydrogens is 166 g/mol. The van der Waals surface area contributed by atoms with Crippen LogP contribution in [-0.2, 0) is 9.53 Å². The van der Waals surface area contributed by atoms with Gasteiger partial charge in [0.25, 0.3) is 0 Å². The fourth-order valence-electron chi connectivity index (χ4n) is 1.61. The van der Waals surface area contributed by atoms with Gasteiger partial charge in [0.05, 0.1) is 11.7 Å². The quantitative estimate of drug-likeness (QED) is 0.618. The number of rotatable bonds is 1. The van der Waals surface area contributed by atoms with E-state index in [2.05, 4.69) is 0 Å². The second kappa shape index (κ2) is 3.66. The molecule has 0 aromatic carbocycles. The van der Waals surface area contributed by atoms with Crippen LogP contribution in [0.25, 0.3) is 0 Å². The van der Waals surface area contributed by atoms with Crippen molar-refractivity contribution in [2.24, 2.45) is 0 Å². The number of likely N-dealkylation sites (tertiary alicyclic amines) is 1. The fourth-order valence-corrected chi connectivity index (χ4v) is 1.61. The van der Waals surface area contributed by atoms with E-state index in [1.54, 1.807) is 6.92 Å². The highest BCUT2D eigenvalue weighted by Crippen LogP contribution is 2.19. The van der Waals surface area contributed by atoms with E-state index in [0.29, 0.717) is 0 Å². The Balaban J connectivity index is 2.38. The van der Waals surface area contributed by atoms with Crippen molar-refractivity contribution in [3.05, 3.63) is 0 Å². The van der Waals surface area contributed by atoms with Gasteiger partial charge in [0.1, 0.15) is 0 Å². The zero-order chi connectivity index (χ0) is 10.1. The molecule has 0 N–H and O–H groups in total. The zero-order valence-corrected chi connectivity index (χ0v) is 8.96. The zero-order valence-electron chi connectivity index (χ0n) is 8.96. The summed E-state index contributed by atoms with van der Waals surface area (Å²) >= 11 is 0. The number of carbonyl (C=O) groups excluding carboxylic acids is 1. The molecule has 1 saturated heterocycles. The maximum Gasteiger partial charge on any atom is 0.219 e. The van der Waals surface area contributed by atoms with Crippen LogP contribution in [-0.4, -0.2) is 35.6 Å². The fraction of sp³-hybridized carbons (Fsp3) is 0.900. The first-order chi connectivity index (χ1) is 5.88. The van der Waals surface area contributed by atoms with Gasteiger partial charge in [-0.25, -0.2) is 0 Å². The lowest BCUT2D eigenvalue weighted by Crippen LogP contribution is -2.31. The van der Waals surface area contributed by atoms with E-state index in [-0.39, 0.29) is 17.6 Å². The van der Waals surface area contributed by atoms with Gasteiger partial charge in [-0.15, -0.1) is 0 Å². The van der Waals surface area contributed by atoms with E-state index < -0.39 is 0 Å². The first kappa shape index (κ1) is 10.5. The summed E-state index contributed by atoms with van der Waals surface area (Å²) in [6.45, 7) is 9.35. The van der Waals surface area contributed by atoms with Crippen LogP contribution in [0.3, 0.4) is 0 Å². The SMILES string of the molecule is CC(=O)N1CCC(OC(C)(C)C)C1. The number of hydrogen-bond acceptors (Lipinski definition) is 2. The van der Waals surface area contributed by atoms with Crippen LogP contribution in [0, 0.1) is 0 Å². The average Bonchev–Trinajstić information content (AvgIpc) is 2.31. The predicted octanol–water partition coefficient (Wildman–Crippen LogP) is 1.42. The number of nitrogens with zero attached hydrogens (tertiary/aromatic N) is 1. The van der Waals surface area contributed by atoms with Crippen molar-refractivity contribution < 1.29 is 9.53 Å². The Morgan fingerprint density at radius 1 is 1.46 bits per heavy atom. The third-order valence-electron chi connectivity index (χ3n) is 2.11. The maximum absolute atomic E-state index is 11.0. The molecule has 0 aliphatic carbocycles. The van der Waals surface area contributed by atoms with Gasteiger partial charge < -0.3 is 9.64 Å². The van der Waals surface area contributed by atoms with Gasteiger partial charge in [-0.05, 0) is 27.2 Å². The van der Waals surface area contributed by atoms with E-state index >= 15 is 0 Å². The van der Waals surface area contributed by atoms with Crippen LogP contribution in [0.4, 0.5) is 0 Å². The molecule has 3 heteroatoms. The molecule has 3 nitrogen and oxygen atoms in total. The Labute approximate surface area is 80.1 Å². The van der Waals surface area contributed by atoms with Crippen LogP contribution < -0.4 is 0 Å². The third-order valence-corrected chi connectivity index (χ3v) is 2.11. The van der Waals surface area contributed by atoms with Crippen LogP contribution in [0.15, 0.2) is 0 Å². The predicted molar refractivity (Wildman–Crippen MR) is 51.5 cm³/mol. The van der Waals surface area contributed by atoms with Crippen LogP contribution in [0.2, 0.25) is 0 Å². The Morgan fingerprint density at radius 2 is 2.08 bits per heavy atom. The summed E-state index contributed by atoms with van der Waals surface area (Å²) < 4.78 is 5.79. The minimum Gasteiger partial charge on any atom is -0.371 e. The van der Waals surface area contributed by atoms with E-state index in [1.807, 2.05) is 25.7 Å². The smallest absolute Gasteiger partial charge is 0.219 e. The number of carbonyl (C=O) groups is 1. The lowest BCUT2D eigenvalue weighted by atomic mass is 10.2. The maximum atomic E-state index is 11.0. The molecule has 0 bridgehead atoms. The Morgan fingerprint density at radius 3 is 2.46 bits per heavy atom. The summed E-state index contributed by atoms with van der Waals surface area (Å²) in [6.07, 6.45) is 1.19. The molecule has 0 saturated carbocycles. The summed E-state index contributed by atoms with van der Waals surface area (Å²) in [7, 11) is 0. The van der Waals surface area contributed by atoms with Crippen molar-refractivity contribution in [2.75, 3.05) is 13.1 Å². The number of ether oxygens (including phenoxy) is 1. The lowest BCUT2D eigenvalue weighted by molar-refractivity contribution is -0.129. The van der Waals surface area contributed by atoms with Gasteiger partial charge in [-0.3, -0.25) is 4.79 Å². The van der Waals surface area contributed by atoms with Gasteiger partial charge in [0.15, 0.2) is 0 Å². The molecule has 76 valence electrons. The monoisotopic (exact) mass is 185 g/mol. The highest BCUT2D eigenvalue weighted by atomic mass is 16.5. The van der Waals surface area contributed by atoms with Crippen molar-refractivity contribution >= 4 is 5.91 Å². The molecule has 1 rings (SSSR count). The normalized spacial score (nSPS) is 23.7. The second-order valence-corrected chi connectivity index (χ2v) is 4.61. The molecule has 1 atom stereocenters. The van der Waals surface area contributed by atoms with Gasteiger partial charge in [-0.2, -0.15) is 0 Å². The molecule has 0 aromatic rings. The molecule has 1 fully saturated rings. The van der Waals surface area contributed by atoms with E-state index in [4.69, 9.17) is 4.74 Å². The second-order valence-electron chi connectivity index (χ2n) is 4.61. The Bertz CT molecular complexity index is 196. The molecule has 0 aromatic heterocycles. The highest BCUT2D eigenvalue weighted by molar-refractivity contribution is 5.73. The summed E-state index contributed by atoms with van der Waals surface area (Å²) in [5, 5.41) is 0. The Hall–Kier alpha value is -0.570. The molecule has 1 heterocycles. The van der Waals surface area contributed by atoms with E-state index in [1.165, 1.54) is 0 Å². The van der Waals surface area contributed by atoms with Crippen molar-refractivity contribution in [2.45, 2.75) is 45.8 Å². The molecule has 0 spiro atoms. The van der Waals surface area contributed by atoms with Crippen LogP contribution in [0.5, 0.6) is 0 Å². The van der Waals surface area contributed by atoms with Crippen molar-refractivity contribution in [3.8, 4) is 0 Å². The van der Waals surface area contributed by atoms with Gasteiger partial charge >= 0.3 is 0 Å². The molecule has 13 heavy (non-hydrogen) atoms. The largest absolute Gasteiger partial charge is 0.371 e. The minimum atomic E-state index is -0.0997. The van der Waals surface area contributed by atoms with Crippen molar-refractivity contribution in [1.29, 1.82) is 0 Å². The molecule has 1 aliphatic heterocycles. The molecule has 1 amide bonds. The standard InChI is InChI=1S/C10H19NO2/c1-8(12)11-6-5-9(7-11)13-10(2,3)4/h9H,5-7H2,1-4H3.